The number of hydrogen-bond acceptors (Lipinski definition) is 2. The molecular formula is C17H20F3NO3. The number of aliphatic carboxylic acids is 1. The topological polar surface area (TPSA) is 66.4 Å². The van der Waals surface area contributed by atoms with Gasteiger partial charge >= 0.3 is 12.1 Å². The van der Waals surface area contributed by atoms with Crippen molar-refractivity contribution in [2.75, 3.05) is 5.32 Å². The molecule has 1 amide bonds. The van der Waals surface area contributed by atoms with Crippen molar-refractivity contribution >= 4 is 17.6 Å². The summed E-state index contributed by atoms with van der Waals surface area (Å²) in [5.41, 5.74) is 0.790. The summed E-state index contributed by atoms with van der Waals surface area (Å²) in [6.45, 7) is 0. The Morgan fingerprint density at radius 1 is 1.17 bits per heavy atom. The Morgan fingerprint density at radius 2 is 1.83 bits per heavy atom. The van der Waals surface area contributed by atoms with Gasteiger partial charge in [-0.3, -0.25) is 9.59 Å². The van der Waals surface area contributed by atoms with E-state index >= 15 is 0 Å². The van der Waals surface area contributed by atoms with Crippen molar-refractivity contribution in [1.29, 1.82) is 0 Å². The highest BCUT2D eigenvalue weighted by atomic mass is 19.4. The maximum Gasteiger partial charge on any atom is 0.389 e. The van der Waals surface area contributed by atoms with Crippen molar-refractivity contribution in [2.24, 2.45) is 11.8 Å². The zero-order valence-electron chi connectivity index (χ0n) is 13.1. The van der Waals surface area contributed by atoms with Gasteiger partial charge < -0.3 is 10.4 Å². The van der Waals surface area contributed by atoms with Gasteiger partial charge in [0.05, 0.1) is 5.92 Å². The van der Waals surface area contributed by atoms with E-state index < -0.39 is 30.4 Å². The number of rotatable bonds is 5. The monoisotopic (exact) mass is 343 g/mol. The number of carboxylic acid groups (broad SMARTS) is 1. The lowest BCUT2D eigenvalue weighted by Gasteiger charge is -2.26. The van der Waals surface area contributed by atoms with Crippen molar-refractivity contribution in [1.82, 2.24) is 0 Å². The molecule has 132 valence electrons. The number of para-hydroxylation sites is 1. The van der Waals surface area contributed by atoms with Crippen LogP contribution < -0.4 is 5.32 Å². The molecule has 4 nitrogen and oxygen atoms in total. The number of carbonyl (C=O) groups excluding carboxylic acids is 1. The van der Waals surface area contributed by atoms with Gasteiger partial charge in [-0.05, 0) is 37.3 Å². The summed E-state index contributed by atoms with van der Waals surface area (Å²) in [6, 6.07) is 6.40. The Balaban J connectivity index is 2.02. The number of aryl methyl sites for hydroxylation is 1. The van der Waals surface area contributed by atoms with Crippen molar-refractivity contribution in [3.8, 4) is 0 Å². The molecule has 0 bridgehead atoms. The first kappa shape index (κ1) is 18.3. The second-order valence-electron chi connectivity index (χ2n) is 6.16. The first-order valence-corrected chi connectivity index (χ1v) is 7.94. The van der Waals surface area contributed by atoms with Gasteiger partial charge in [0.15, 0.2) is 0 Å². The number of benzene rings is 1. The Bertz CT molecular complexity index is 601. The maximum absolute atomic E-state index is 12.4. The van der Waals surface area contributed by atoms with Crippen LogP contribution in [0.15, 0.2) is 24.3 Å². The van der Waals surface area contributed by atoms with Crippen LogP contribution in [0.2, 0.25) is 0 Å². The summed E-state index contributed by atoms with van der Waals surface area (Å²) in [7, 11) is 0. The molecule has 24 heavy (non-hydrogen) atoms. The van der Waals surface area contributed by atoms with Crippen molar-refractivity contribution in [3.63, 3.8) is 0 Å². The molecule has 1 aliphatic rings. The fourth-order valence-electron chi connectivity index (χ4n) is 3.02. The number of halogens is 3. The van der Waals surface area contributed by atoms with Crippen molar-refractivity contribution < 1.29 is 27.9 Å². The molecule has 1 aliphatic carbocycles. The van der Waals surface area contributed by atoms with Gasteiger partial charge in [-0.2, -0.15) is 13.2 Å². The summed E-state index contributed by atoms with van der Waals surface area (Å²) in [5, 5.41) is 11.8. The van der Waals surface area contributed by atoms with Gasteiger partial charge in [0, 0.05) is 18.0 Å². The van der Waals surface area contributed by atoms with E-state index in [-0.39, 0.29) is 18.7 Å². The summed E-state index contributed by atoms with van der Waals surface area (Å²) >= 11 is 0. The third-order valence-electron chi connectivity index (χ3n) is 4.35. The number of amides is 1. The van der Waals surface area contributed by atoms with E-state index in [1.165, 1.54) is 0 Å². The summed E-state index contributed by atoms with van der Waals surface area (Å²) < 4.78 is 37.2. The average Bonchev–Trinajstić information content (AvgIpc) is 2.53. The molecule has 2 N–H and O–H groups in total. The van der Waals surface area contributed by atoms with Crippen LogP contribution in [-0.4, -0.2) is 23.2 Å². The van der Waals surface area contributed by atoms with E-state index in [1.54, 1.807) is 24.3 Å². The minimum Gasteiger partial charge on any atom is -0.481 e. The SMILES string of the molecule is O=C(O)C1CCCC(C(=O)Nc2ccccc2CCC(F)(F)F)C1. The molecule has 0 heterocycles. The first-order valence-electron chi connectivity index (χ1n) is 7.94. The van der Waals surface area contributed by atoms with Gasteiger partial charge in [0.1, 0.15) is 0 Å². The van der Waals surface area contributed by atoms with E-state index in [0.29, 0.717) is 30.5 Å². The molecule has 0 aromatic heterocycles. The Kier molecular flexibility index (Phi) is 5.85. The van der Waals surface area contributed by atoms with E-state index in [2.05, 4.69) is 5.32 Å². The largest absolute Gasteiger partial charge is 0.481 e. The molecular weight excluding hydrogens is 323 g/mol. The molecule has 0 saturated heterocycles. The lowest BCUT2D eigenvalue weighted by molar-refractivity contribution is -0.143. The molecule has 0 radical (unpaired) electrons. The third-order valence-corrected chi connectivity index (χ3v) is 4.35. The molecule has 1 fully saturated rings. The van der Waals surface area contributed by atoms with Gasteiger partial charge in [-0.1, -0.05) is 24.6 Å². The summed E-state index contributed by atoms with van der Waals surface area (Å²) in [5.74, 6) is -2.18. The predicted molar refractivity (Wildman–Crippen MR) is 82.5 cm³/mol. The predicted octanol–water partition coefficient (Wildman–Crippen LogP) is 4.01. The Hall–Kier alpha value is -2.05. The third kappa shape index (κ3) is 5.25. The minimum absolute atomic E-state index is 0.206. The maximum atomic E-state index is 12.4. The molecule has 1 aromatic rings. The number of carbonyl (C=O) groups is 2. The minimum atomic E-state index is -4.25. The smallest absolute Gasteiger partial charge is 0.389 e. The lowest BCUT2D eigenvalue weighted by Crippen LogP contribution is -2.31. The standard InChI is InChI=1S/C17H20F3NO3/c18-17(19,20)9-8-11-4-1-2-7-14(11)21-15(22)12-5-3-6-13(10-12)16(23)24/h1-2,4,7,12-13H,3,5-6,8-10H2,(H,21,22)(H,23,24). The zero-order valence-corrected chi connectivity index (χ0v) is 13.1. The number of hydrogen-bond donors (Lipinski definition) is 2. The number of alkyl halides is 3. The summed E-state index contributed by atoms with van der Waals surface area (Å²) in [6.07, 6.45) is -3.33. The normalized spacial score (nSPS) is 21.3. The van der Waals surface area contributed by atoms with E-state index in [9.17, 15) is 22.8 Å². The highest BCUT2D eigenvalue weighted by molar-refractivity contribution is 5.93. The molecule has 1 aromatic carbocycles. The van der Waals surface area contributed by atoms with Crippen LogP contribution in [-0.2, 0) is 16.0 Å². The molecule has 2 rings (SSSR count). The van der Waals surface area contributed by atoms with Gasteiger partial charge in [0.2, 0.25) is 5.91 Å². The number of nitrogens with one attached hydrogen (secondary N) is 1. The van der Waals surface area contributed by atoms with Crippen LogP contribution in [0.5, 0.6) is 0 Å². The lowest BCUT2D eigenvalue weighted by atomic mass is 9.81. The highest BCUT2D eigenvalue weighted by Crippen LogP contribution is 2.31. The molecule has 0 aliphatic heterocycles. The quantitative estimate of drug-likeness (QED) is 0.849. The second-order valence-corrected chi connectivity index (χ2v) is 6.16. The van der Waals surface area contributed by atoms with E-state index in [4.69, 9.17) is 5.11 Å². The van der Waals surface area contributed by atoms with Crippen molar-refractivity contribution in [2.45, 2.75) is 44.7 Å². The molecule has 0 spiro atoms. The van der Waals surface area contributed by atoms with Crippen LogP contribution >= 0.6 is 0 Å². The van der Waals surface area contributed by atoms with Crippen LogP contribution in [0.4, 0.5) is 18.9 Å². The summed E-state index contributed by atoms with van der Waals surface area (Å²) in [4.78, 5) is 23.4. The molecule has 2 atom stereocenters. The van der Waals surface area contributed by atoms with Crippen LogP contribution in [0, 0.1) is 11.8 Å². The zero-order chi connectivity index (χ0) is 17.7. The Morgan fingerprint density at radius 3 is 2.50 bits per heavy atom. The highest BCUT2D eigenvalue weighted by Gasteiger charge is 2.31. The van der Waals surface area contributed by atoms with Gasteiger partial charge in [-0.25, -0.2) is 0 Å². The first-order chi connectivity index (χ1) is 11.3. The van der Waals surface area contributed by atoms with Crippen LogP contribution in [0.25, 0.3) is 0 Å². The van der Waals surface area contributed by atoms with Gasteiger partial charge in [0.25, 0.3) is 0 Å². The number of anilines is 1. The van der Waals surface area contributed by atoms with Crippen LogP contribution in [0.3, 0.4) is 0 Å². The van der Waals surface area contributed by atoms with E-state index in [0.717, 1.165) is 0 Å². The fraction of sp³-hybridized carbons (Fsp3) is 0.529. The van der Waals surface area contributed by atoms with E-state index in [1.807, 2.05) is 0 Å². The second kappa shape index (κ2) is 7.68. The molecule has 1 saturated carbocycles. The van der Waals surface area contributed by atoms with Gasteiger partial charge in [-0.15, -0.1) is 0 Å². The molecule has 7 heteroatoms. The Labute approximate surface area is 138 Å². The fourth-order valence-corrected chi connectivity index (χ4v) is 3.02. The number of carboxylic acids is 1. The average molecular weight is 343 g/mol. The van der Waals surface area contributed by atoms with Crippen LogP contribution in [0.1, 0.15) is 37.7 Å². The van der Waals surface area contributed by atoms with Crippen molar-refractivity contribution in [3.05, 3.63) is 29.8 Å². The molecule has 2 unspecified atom stereocenters.